The Balaban J connectivity index is 1.53. The molecule has 33 heavy (non-hydrogen) atoms. The second-order valence-corrected chi connectivity index (χ2v) is 8.65. The van der Waals surface area contributed by atoms with Crippen molar-refractivity contribution in [3.8, 4) is 11.4 Å². The van der Waals surface area contributed by atoms with Gasteiger partial charge in [0.1, 0.15) is 5.75 Å². The van der Waals surface area contributed by atoms with Gasteiger partial charge >= 0.3 is 0 Å². The summed E-state index contributed by atoms with van der Waals surface area (Å²) in [6.07, 6.45) is 0.705. The summed E-state index contributed by atoms with van der Waals surface area (Å²) in [5, 5.41) is 4.56. The van der Waals surface area contributed by atoms with E-state index in [1.165, 1.54) is 16.3 Å². The fourth-order valence-corrected chi connectivity index (χ4v) is 4.33. The van der Waals surface area contributed by atoms with Crippen molar-refractivity contribution < 1.29 is 9.53 Å². The van der Waals surface area contributed by atoms with Gasteiger partial charge < -0.3 is 10.1 Å². The second kappa shape index (κ2) is 10.6. The fourth-order valence-electron chi connectivity index (χ4n) is 3.36. The van der Waals surface area contributed by atoms with Crippen LogP contribution in [0.25, 0.3) is 16.6 Å². The van der Waals surface area contributed by atoms with E-state index in [-0.39, 0.29) is 17.2 Å². The zero-order valence-corrected chi connectivity index (χ0v) is 19.5. The first-order valence-electron chi connectivity index (χ1n) is 10.4. The van der Waals surface area contributed by atoms with Crippen LogP contribution in [-0.2, 0) is 11.2 Å². The number of nitrogens with zero attached hydrogens (tertiary/aromatic N) is 2. The minimum atomic E-state index is -0.195. The summed E-state index contributed by atoms with van der Waals surface area (Å²) < 4.78 is 6.84. The molecular weight excluding hydrogens is 458 g/mol. The molecule has 0 aliphatic carbocycles. The van der Waals surface area contributed by atoms with E-state index in [1.54, 1.807) is 25.3 Å². The van der Waals surface area contributed by atoms with E-state index < -0.39 is 0 Å². The molecule has 3 aromatic carbocycles. The molecule has 1 aromatic heterocycles. The highest BCUT2D eigenvalue weighted by Crippen LogP contribution is 2.23. The average Bonchev–Trinajstić information content (AvgIpc) is 2.84. The van der Waals surface area contributed by atoms with E-state index >= 15 is 0 Å². The third-order valence-corrected chi connectivity index (χ3v) is 6.23. The quantitative estimate of drug-likeness (QED) is 0.297. The molecule has 0 aliphatic rings. The number of carbonyl (C=O) groups excluding carboxylic acids is 1. The molecule has 6 nitrogen and oxygen atoms in total. The summed E-state index contributed by atoms with van der Waals surface area (Å²) in [7, 11) is 1.57. The van der Waals surface area contributed by atoms with Crippen LogP contribution in [0, 0.1) is 0 Å². The van der Waals surface area contributed by atoms with E-state index in [1.807, 2.05) is 54.6 Å². The van der Waals surface area contributed by atoms with Crippen LogP contribution in [0.3, 0.4) is 0 Å². The van der Waals surface area contributed by atoms with Gasteiger partial charge in [-0.05, 0) is 48.4 Å². The second-order valence-electron chi connectivity index (χ2n) is 7.27. The SMILES string of the molecule is COc1cccc(-n2c(SCC(=O)NCCc3ccc(Cl)cc3)nc3ccccc3c2=O)c1. The Labute approximate surface area is 200 Å². The van der Waals surface area contributed by atoms with Gasteiger partial charge in [0.2, 0.25) is 5.91 Å². The molecule has 168 valence electrons. The molecule has 4 rings (SSSR count). The molecule has 1 amide bonds. The van der Waals surface area contributed by atoms with Gasteiger partial charge in [-0.3, -0.25) is 14.2 Å². The summed E-state index contributed by atoms with van der Waals surface area (Å²) in [4.78, 5) is 30.4. The predicted octanol–water partition coefficient (Wildman–Crippen LogP) is 4.50. The Morgan fingerprint density at radius 2 is 1.88 bits per heavy atom. The maximum atomic E-state index is 13.3. The number of rotatable bonds is 8. The molecule has 0 atom stereocenters. The zero-order chi connectivity index (χ0) is 23.2. The number of methoxy groups -OCH3 is 1. The molecule has 0 unspecified atom stereocenters. The first kappa shape index (κ1) is 22.9. The Bertz CT molecular complexity index is 1340. The highest BCUT2D eigenvalue weighted by atomic mass is 35.5. The number of para-hydroxylation sites is 1. The van der Waals surface area contributed by atoms with Gasteiger partial charge in [0.15, 0.2) is 5.16 Å². The van der Waals surface area contributed by atoms with Crippen molar-refractivity contribution in [3.05, 3.63) is 93.7 Å². The summed E-state index contributed by atoms with van der Waals surface area (Å²) >= 11 is 7.13. The lowest BCUT2D eigenvalue weighted by Gasteiger charge is -2.14. The van der Waals surface area contributed by atoms with Crippen LogP contribution in [0.1, 0.15) is 5.56 Å². The lowest BCUT2D eigenvalue weighted by molar-refractivity contribution is -0.118. The number of aromatic nitrogens is 2. The Kier molecular flexibility index (Phi) is 7.32. The van der Waals surface area contributed by atoms with Crippen LogP contribution in [-0.4, -0.2) is 34.9 Å². The number of thioether (sulfide) groups is 1. The molecule has 0 bridgehead atoms. The third-order valence-electron chi connectivity index (χ3n) is 5.04. The van der Waals surface area contributed by atoms with Crippen LogP contribution in [0.5, 0.6) is 5.75 Å². The normalized spacial score (nSPS) is 10.8. The molecule has 4 aromatic rings. The number of carbonyl (C=O) groups is 1. The van der Waals surface area contributed by atoms with Crippen LogP contribution in [0.4, 0.5) is 0 Å². The first-order valence-corrected chi connectivity index (χ1v) is 11.7. The largest absolute Gasteiger partial charge is 0.497 e. The number of amides is 1. The van der Waals surface area contributed by atoms with E-state index in [9.17, 15) is 9.59 Å². The van der Waals surface area contributed by atoms with Gasteiger partial charge in [-0.2, -0.15) is 0 Å². The molecule has 0 radical (unpaired) electrons. The number of hydrogen-bond donors (Lipinski definition) is 1. The lowest BCUT2D eigenvalue weighted by Crippen LogP contribution is -2.28. The maximum absolute atomic E-state index is 13.3. The first-order chi connectivity index (χ1) is 16.0. The van der Waals surface area contributed by atoms with Gasteiger partial charge in [-0.1, -0.05) is 53.7 Å². The van der Waals surface area contributed by atoms with Crippen LogP contribution < -0.4 is 15.6 Å². The number of ether oxygens (including phenoxy) is 1. The molecule has 0 saturated heterocycles. The van der Waals surface area contributed by atoms with Crippen molar-refractivity contribution in [3.63, 3.8) is 0 Å². The van der Waals surface area contributed by atoms with Crippen molar-refractivity contribution in [2.45, 2.75) is 11.6 Å². The fraction of sp³-hybridized carbons (Fsp3) is 0.160. The summed E-state index contributed by atoms with van der Waals surface area (Å²) in [5.41, 5.74) is 2.12. The number of hydrogen-bond acceptors (Lipinski definition) is 5. The third kappa shape index (κ3) is 5.56. The predicted molar refractivity (Wildman–Crippen MR) is 133 cm³/mol. The Morgan fingerprint density at radius 1 is 1.09 bits per heavy atom. The van der Waals surface area contributed by atoms with E-state index in [0.717, 1.165) is 5.56 Å². The van der Waals surface area contributed by atoms with Crippen LogP contribution in [0.2, 0.25) is 5.02 Å². The van der Waals surface area contributed by atoms with Crippen molar-refractivity contribution in [1.82, 2.24) is 14.9 Å². The van der Waals surface area contributed by atoms with Gasteiger partial charge in [-0.15, -0.1) is 0 Å². The Morgan fingerprint density at radius 3 is 2.67 bits per heavy atom. The summed E-state index contributed by atoms with van der Waals surface area (Å²) in [6, 6.07) is 21.9. The summed E-state index contributed by atoms with van der Waals surface area (Å²) in [6.45, 7) is 0.509. The van der Waals surface area contributed by atoms with Crippen molar-refractivity contribution in [1.29, 1.82) is 0 Å². The molecule has 8 heteroatoms. The van der Waals surface area contributed by atoms with E-state index in [4.69, 9.17) is 16.3 Å². The molecule has 1 heterocycles. The summed E-state index contributed by atoms with van der Waals surface area (Å²) in [5.74, 6) is 0.632. The number of fused-ring (bicyclic) bond motifs is 1. The number of halogens is 1. The van der Waals surface area contributed by atoms with E-state index in [0.29, 0.717) is 45.5 Å². The molecule has 0 spiro atoms. The minimum Gasteiger partial charge on any atom is -0.497 e. The molecule has 0 aliphatic heterocycles. The molecule has 1 N–H and O–H groups in total. The Hall–Kier alpha value is -3.29. The van der Waals surface area contributed by atoms with Gasteiger partial charge in [0.05, 0.1) is 29.5 Å². The minimum absolute atomic E-state index is 0.131. The van der Waals surface area contributed by atoms with Crippen molar-refractivity contribution in [2.75, 3.05) is 19.4 Å². The van der Waals surface area contributed by atoms with Crippen molar-refractivity contribution >= 4 is 40.2 Å². The highest BCUT2D eigenvalue weighted by molar-refractivity contribution is 7.99. The van der Waals surface area contributed by atoms with E-state index in [2.05, 4.69) is 10.3 Å². The van der Waals surface area contributed by atoms with Gasteiger partial charge in [0.25, 0.3) is 5.56 Å². The molecular formula is C25H22ClN3O3S. The zero-order valence-electron chi connectivity index (χ0n) is 18.0. The highest BCUT2D eigenvalue weighted by Gasteiger charge is 2.15. The maximum Gasteiger partial charge on any atom is 0.266 e. The smallest absolute Gasteiger partial charge is 0.266 e. The topological polar surface area (TPSA) is 73.2 Å². The molecule has 0 fully saturated rings. The van der Waals surface area contributed by atoms with Crippen LogP contribution in [0.15, 0.2) is 82.7 Å². The lowest BCUT2D eigenvalue weighted by atomic mass is 10.1. The average molecular weight is 480 g/mol. The van der Waals surface area contributed by atoms with Crippen molar-refractivity contribution in [2.24, 2.45) is 0 Å². The number of nitrogens with one attached hydrogen (secondary N) is 1. The standard InChI is InChI=1S/C25H22ClN3O3S/c1-32-20-6-4-5-19(15-20)29-24(31)21-7-2-3-8-22(21)28-25(29)33-16-23(30)27-14-13-17-9-11-18(26)12-10-17/h2-12,15H,13-14,16H2,1H3,(H,27,30). The van der Waals surface area contributed by atoms with Gasteiger partial charge in [0, 0.05) is 17.6 Å². The van der Waals surface area contributed by atoms with Gasteiger partial charge in [-0.25, -0.2) is 4.98 Å². The van der Waals surface area contributed by atoms with Crippen LogP contribution >= 0.6 is 23.4 Å². The molecule has 0 saturated carbocycles. The monoisotopic (exact) mass is 479 g/mol. The number of benzene rings is 3.